The van der Waals surface area contributed by atoms with Crippen LogP contribution in [0.5, 0.6) is 17.2 Å². The second-order valence-electron chi connectivity index (χ2n) is 9.49. The number of nitrogens with zero attached hydrogens (tertiary/aromatic N) is 1. The minimum absolute atomic E-state index is 0.0330. The lowest BCUT2D eigenvalue weighted by Gasteiger charge is -2.21. The number of allylic oxidation sites excluding steroid dienone is 2. The van der Waals surface area contributed by atoms with Crippen molar-refractivity contribution in [3.05, 3.63) is 54.1 Å². The molecule has 34 heavy (non-hydrogen) atoms. The zero-order valence-electron chi connectivity index (χ0n) is 20.1. The predicted molar refractivity (Wildman–Crippen MR) is 132 cm³/mol. The van der Waals surface area contributed by atoms with Crippen LogP contribution in [0.2, 0.25) is 0 Å². The summed E-state index contributed by atoms with van der Waals surface area (Å²) in [5.74, 6) is 4.17. The average Bonchev–Trinajstić information content (AvgIpc) is 3.61. The van der Waals surface area contributed by atoms with E-state index in [4.69, 9.17) is 14.2 Å². The van der Waals surface area contributed by atoms with Gasteiger partial charge in [0.15, 0.2) is 18.1 Å². The summed E-state index contributed by atoms with van der Waals surface area (Å²) in [6.07, 6.45) is 7.10. The first-order chi connectivity index (χ1) is 16.6. The maximum absolute atomic E-state index is 12.5. The van der Waals surface area contributed by atoms with Crippen LogP contribution in [0.4, 0.5) is 0 Å². The second kappa shape index (κ2) is 10.1. The highest BCUT2D eigenvalue weighted by atomic mass is 16.7. The number of ether oxygens (including phenoxy) is 3. The van der Waals surface area contributed by atoms with E-state index < -0.39 is 0 Å². The van der Waals surface area contributed by atoms with E-state index in [0.717, 1.165) is 60.1 Å². The van der Waals surface area contributed by atoms with Gasteiger partial charge in [-0.2, -0.15) is 0 Å². The molecular weight excluding hydrogens is 428 g/mol. The topological polar surface area (TPSA) is 60.0 Å². The molecule has 5 rings (SSSR count). The van der Waals surface area contributed by atoms with Crippen LogP contribution in [-0.2, 0) is 11.3 Å². The van der Waals surface area contributed by atoms with Gasteiger partial charge in [-0.3, -0.25) is 9.69 Å². The fourth-order valence-electron chi connectivity index (χ4n) is 5.36. The Kier molecular flexibility index (Phi) is 6.77. The van der Waals surface area contributed by atoms with Crippen molar-refractivity contribution < 1.29 is 19.0 Å². The van der Waals surface area contributed by atoms with Gasteiger partial charge < -0.3 is 19.5 Å². The molecule has 6 nitrogen and oxygen atoms in total. The van der Waals surface area contributed by atoms with E-state index in [-0.39, 0.29) is 19.3 Å². The van der Waals surface area contributed by atoms with Crippen LogP contribution in [-0.4, -0.2) is 43.8 Å². The molecule has 0 radical (unpaired) electrons. The van der Waals surface area contributed by atoms with E-state index in [1.807, 2.05) is 30.3 Å². The highest BCUT2D eigenvalue weighted by Gasteiger charge is 2.35. The van der Waals surface area contributed by atoms with Crippen LogP contribution in [0.15, 0.2) is 48.6 Å². The third-order valence-electron chi connectivity index (χ3n) is 7.39. The molecule has 180 valence electrons. The Balaban J connectivity index is 1.26. The lowest BCUT2D eigenvalue weighted by atomic mass is 9.94. The number of carbonyl (C=O) groups is 1. The van der Waals surface area contributed by atoms with Crippen molar-refractivity contribution >= 4 is 5.91 Å². The van der Waals surface area contributed by atoms with Crippen molar-refractivity contribution in [3.63, 3.8) is 0 Å². The molecule has 1 fully saturated rings. The van der Waals surface area contributed by atoms with Gasteiger partial charge in [-0.15, -0.1) is 0 Å². The van der Waals surface area contributed by atoms with Gasteiger partial charge in [-0.05, 0) is 79.1 Å². The first-order valence-electron chi connectivity index (χ1n) is 12.5. The fraction of sp³-hybridized carbons (Fsp3) is 0.464. The summed E-state index contributed by atoms with van der Waals surface area (Å²) >= 11 is 0. The molecule has 2 aromatic carbocycles. The average molecular weight is 463 g/mol. The van der Waals surface area contributed by atoms with Crippen LogP contribution in [0, 0.1) is 17.8 Å². The standard InChI is InChI=1S/C28H34N2O4/c1-3-30(4-2)16-24-13-21(22-8-10-26-27(14-22)34-18-33-26)7-9-25(24)32-17-28(31)29-15-23-12-19-5-6-20(23)11-19/h5-10,13-14,19-20,23H,3-4,11-12,15-18H2,1-2H3,(H,29,31)/t19-,20+,23-/m0/s1. The van der Waals surface area contributed by atoms with E-state index >= 15 is 0 Å². The Bertz CT molecular complexity index is 1060. The highest BCUT2D eigenvalue weighted by Crippen LogP contribution is 2.43. The number of carbonyl (C=O) groups excluding carboxylic acids is 1. The SMILES string of the molecule is CCN(CC)Cc1cc(-c2ccc3c(c2)OCO3)ccc1OCC(=O)NC[C@@H]1C[C@H]2C=C[C@@H]1C2. The molecule has 1 aliphatic heterocycles. The van der Waals surface area contributed by atoms with Crippen LogP contribution in [0.3, 0.4) is 0 Å². The summed E-state index contributed by atoms with van der Waals surface area (Å²) < 4.78 is 17.0. The fourth-order valence-corrected chi connectivity index (χ4v) is 5.36. The van der Waals surface area contributed by atoms with Gasteiger partial charge in [-0.1, -0.05) is 38.1 Å². The van der Waals surface area contributed by atoms with E-state index in [2.05, 4.69) is 42.3 Å². The number of amides is 1. The van der Waals surface area contributed by atoms with Gasteiger partial charge in [0.25, 0.3) is 5.91 Å². The zero-order valence-corrected chi connectivity index (χ0v) is 20.1. The van der Waals surface area contributed by atoms with E-state index in [1.54, 1.807) is 0 Å². The molecule has 3 atom stereocenters. The molecule has 0 aromatic heterocycles. The first-order valence-corrected chi connectivity index (χ1v) is 12.5. The summed E-state index contributed by atoms with van der Waals surface area (Å²) in [5, 5.41) is 3.09. The molecule has 1 saturated carbocycles. The summed E-state index contributed by atoms with van der Waals surface area (Å²) in [6.45, 7) is 8.01. The molecule has 2 aliphatic carbocycles. The first kappa shape index (κ1) is 22.8. The summed E-state index contributed by atoms with van der Waals surface area (Å²) in [4.78, 5) is 14.9. The Morgan fingerprint density at radius 3 is 2.59 bits per heavy atom. The van der Waals surface area contributed by atoms with Crippen LogP contribution in [0.25, 0.3) is 11.1 Å². The Morgan fingerprint density at radius 1 is 1.03 bits per heavy atom. The maximum atomic E-state index is 12.5. The molecule has 0 spiro atoms. The summed E-state index contributed by atoms with van der Waals surface area (Å²) in [7, 11) is 0. The van der Waals surface area contributed by atoms with Gasteiger partial charge in [0, 0.05) is 18.7 Å². The smallest absolute Gasteiger partial charge is 0.257 e. The van der Waals surface area contributed by atoms with Crippen molar-refractivity contribution in [2.75, 3.05) is 33.0 Å². The molecule has 1 amide bonds. The monoisotopic (exact) mass is 462 g/mol. The van der Waals surface area contributed by atoms with Gasteiger partial charge in [-0.25, -0.2) is 0 Å². The lowest BCUT2D eigenvalue weighted by Crippen LogP contribution is -2.34. The lowest BCUT2D eigenvalue weighted by molar-refractivity contribution is -0.123. The minimum atomic E-state index is -0.0552. The quantitative estimate of drug-likeness (QED) is 0.522. The number of hydrogen-bond acceptors (Lipinski definition) is 5. The highest BCUT2D eigenvalue weighted by molar-refractivity contribution is 5.77. The maximum Gasteiger partial charge on any atom is 0.257 e. The molecule has 0 saturated heterocycles. The number of fused-ring (bicyclic) bond motifs is 3. The molecule has 1 N–H and O–H groups in total. The largest absolute Gasteiger partial charge is 0.483 e. The summed E-state index contributed by atoms with van der Waals surface area (Å²) in [6, 6.07) is 12.2. The van der Waals surface area contributed by atoms with E-state index in [1.165, 1.54) is 12.8 Å². The molecular formula is C28H34N2O4. The van der Waals surface area contributed by atoms with Crippen molar-refractivity contribution in [3.8, 4) is 28.4 Å². The molecule has 2 bridgehead atoms. The van der Waals surface area contributed by atoms with Crippen molar-refractivity contribution in [1.82, 2.24) is 10.2 Å². The third kappa shape index (κ3) is 4.92. The number of benzene rings is 2. The van der Waals surface area contributed by atoms with Gasteiger partial charge in [0.2, 0.25) is 6.79 Å². The van der Waals surface area contributed by atoms with Crippen LogP contribution < -0.4 is 19.5 Å². The Labute approximate surface area is 201 Å². The van der Waals surface area contributed by atoms with Crippen LogP contribution >= 0.6 is 0 Å². The molecule has 3 aliphatic rings. The van der Waals surface area contributed by atoms with Crippen molar-refractivity contribution in [2.45, 2.75) is 33.2 Å². The second-order valence-corrected chi connectivity index (χ2v) is 9.49. The predicted octanol–water partition coefficient (Wildman–Crippen LogP) is 4.63. The summed E-state index contributed by atoms with van der Waals surface area (Å²) in [5.41, 5.74) is 3.22. The number of hydrogen-bond donors (Lipinski definition) is 1. The van der Waals surface area contributed by atoms with E-state index in [0.29, 0.717) is 17.8 Å². The minimum Gasteiger partial charge on any atom is -0.483 e. The molecule has 0 unspecified atom stereocenters. The Morgan fingerprint density at radius 2 is 1.82 bits per heavy atom. The zero-order chi connectivity index (χ0) is 23.5. The van der Waals surface area contributed by atoms with Crippen molar-refractivity contribution in [2.24, 2.45) is 17.8 Å². The molecule has 1 heterocycles. The molecule has 2 aromatic rings. The van der Waals surface area contributed by atoms with E-state index in [9.17, 15) is 4.79 Å². The van der Waals surface area contributed by atoms with Crippen LogP contribution in [0.1, 0.15) is 32.3 Å². The third-order valence-corrected chi connectivity index (χ3v) is 7.39. The number of nitrogens with one attached hydrogen (secondary N) is 1. The number of rotatable bonds is 10. The normalized spacial score (nSPS) is 21.9. The molecule has 6 heteroatoms. The Hall–Kier alpha value is -2.99. The van der Waals surface area contributed by atoms with Gasteiger partial charge in [0.05, 0.1) is 0 Å². The van der Waals surface area contributed by atoms with Crippen molar-refractivity contribution in [1.29, 1.82) is 0 Å². The van der Waals surface area contributed by atoms with Gasteiger partial charge in [0.1, 0.15) is 5.75 Å². The van der Waals surface area contributed by atoms with Gasteiger partial charge >= 0.3 is 0 Å².